The fraction of sp³-hybridized carbons (Fsp3) is 0.400. The average Bonchev–Trinajstić information content (AvgIpc) is 2.57. The molecular weight excluding hydrogens is 366 g/mol. The molecule has 0 unspecified atom stereocenters. The van der Waals surface area contributed by atoms with Crippen molar-refractivity contribution in [1.82, 2.24) is 5.32 Å². The van der Waals surface area contributed by atoms with Crippen molar-refractivity contribution in [3.8, 4) is 5.75 Å². The van der Waals surface area contributed by atoms with Gasteiger partial charge >= 0.3 is 0 Å². The molecule has 0 radical (unpaired) electrons. The first-order chi connectivity index (χ1) is 11.7. The van der Waals surface area contributed by atoms with Gasteiger partial charge in [-0.2, -0.15) is 0 Å². The average molecular weight is 392 g/mol. The van der Waals surface area contributed by atoms with Crippen molar-refractivity contribution in [2.75, 3.05) is 19.8 Å². The minimum absolute atomic E-state index is 0.584. The minimum atomic E-state index is 0.584. The molecule has 0 bridgehead atoms. The number of hydrogen-bond acceptors (Lipinski definition) is 3. The molecule has 130 valence electrons. The Hall–Kier alpha value is -1.36. The molecule has 2 aromatic carbocycles. The zero-order valence-corrected chi connectivity index (χ0v) is 16.1. The molecule has 0 aliphatic heterocycles. The van der Waals surface area contributed by atoms with E-state index in [4.69, 9.17) is 9.47 Å². The van der Waals surface area contributed by atoms with Crippen LogP contribution in [0.5, 0.6) is 5.75 Å². The fourth-order valence-electron chi connectivity index (χ4n) is 2.46. The highest BCUT2D eigenvalue weighted by atomic mass is 79.9. The molecule has 0 aliphatic rings. The number of nitrogens with one attached hydrogen (secondary N) is 1. The Morgan fingerprint density at radius 3 is 2.79 bits per heavy atom. The van der Waals surface area contributed by atoms with E-state index in [0.29, 0.717) is 6.61 Å². The van der Waals surface area contributed by atoms with Crippen molar-refractivity contribution in [1.29, 1.82) is 0 Å². The van der Waals surface area contributed by atoms with Gasteiger partial charge in [0.25, 0.3) is 0 Å². The highest BCUT2D eigenvalue weighted by Crippen LogP contribution is 2.24. The second kappa shape index (κ2) is 10.5. The Bertz CT molecular complexity index is 631. The van der Waals surface area contributed by atoms with Crippen LogP contribution in [-0.4, -0.2) is 19.8 Å². The second-order valence-electron chi connectivity index (χ2n) is 5.76. The first-order valence-corrected chi connectivity index (χ1v) is 9.23. The van der Waals surface area contributed by atoms with Crippen molar-refractivity contribution in [3.63, 3.8) is 0 Å². The minimum Gasteiger partial charge on any atom is -0.489 e. The molecule has 2 aromatic rings. The molecular formula is C20H26BrNO2. The van der Waals surface area contributed by atoms with Gasteiger partial charge in [-0.25, -0.2) is 0 Å². The molecule has 1 N–H and O–H groups in total. The van der Waals surface area contributed by atoms with Gasteiger partial charge in [0.05, 0.1) is 0 Å². The van der Waals surface area contributed by atoms with E-state index in [1.165, 1.54) is 11.1 Å². The van der Waals surface area contributed by atoms with Crippen LogP contribution in [0.15, 0.2) is 46.9 Å². The van der Waals surface area contributed by atoms with Gasteiger partial charge in [0.15, 0.2) is 0 Å². The van der Waals surface area contributed by atoms with E-state index in [9.17, 15) is 0 Å². The second-order valence-corrected chi connectivity index (χ2v) is 6.67. The van der Waals surface area contributed by atoms with Gasteiger partial charge in [-0.3, -0.25) is 0 Å². The normalized spacial score (nSPS) is 10.8. The summed E-state index contributed by atoms with van der Waals surface area (Å²) in [6.07, 6.45) is 1.02. The quantitative estimate of drug-likeness (QED) is 0.587. The Balaban J connectivity index is 1.89. The molecule has 2 rings (SSSR count). The molecule has 24 heavy (non-hydrogen) atoms. The van der Waals surface area contributed by atoms with Crippen LogP contribution >= 0.6 is 15.9 Å². The number of benzene rings is 2. The molecule has 4 heteroatoms. The van der Waals surface area contributed by atoms with Crippen LogP contribution in [0.25, 0.3) is 0 Å². The van der Waals surface area contributed by atoms with Crippen LogP contribution in [-0.2, 0) is 17.9 Å². The monoisotopic (exact) mass is 391 g/mol. The zero-order valence-electron chi connectivity index (χ0n) is 14.5. The maximum Gasteiger partial charge on any atom is 0.124 e. The Morgan fingerprint density at radius 1 is 1.12 bits per heavy atom. The van der Waals surface area contributed by atoms with Gasteiger partial charge in [0.1, 0.15) is 12.4 Å². The summed E-state index contributed by atoms with van der Waals surface area (Å²) in [5.74, 6) is 0.928. The van der Waals surface area contributed by atoms with Crippen molar-refractivity contribution < 1.29 is 9.47 Å². The first kappa shape index (κ1) is 19.0. The molecule has 0 fully saturated rings. The number of hydrogen-bond donors (Lipinski definition) is 1. The van der Waals surface area contributed by atoms with Crippen LogP contribution in [0.4, 0.5) is 0 Å². The topological polar surface area (TPSA) is 30.5 Å². The van der Waals surface area contributed by atoms with E-state index in [2.05, 4.69) is 58.5 Å². The maximum atomic E-state index is 6.04. The lowest BCUT2D eigenvalue weighted by Gasteiger charge is -2.13. The lowest BCUT2D eigenvalue weighted by molar-refractivity contribution is 0.144. The third-order valence-corrected chi connectivity index (χ3v) is 4.15. The molecule has 0 amide bonds. The van der Waals surface area contributed by atoms with E-state index in [1.807, 2.05) is 19.1 Å². The number of halogens is 1. The predicted octanol–water partition coefficient (Wildman–Crippen LogP) is 4.85. The van der Waals surface area contributed by atoms with Gasteiger partial charge in [0, 0.05) is 29.8 Å². The van der Waals surface area contributed by atoms with E-state index in [-0.39, 0.29) is 0 Å². The number of aryl methyl sites for hydroxylation is 1. The Kier molecular flexibility index (Phi) is 8.29. The van der Waals surface area contributed by atoms with E-state index >= 15 is 0 Å². The van der Waals surface area contributed by atoms with E-state index in [1.54, 1.807) is 0 Å². The molecule has 0 heterocycles. The number of rotatable bonds is 10. The Morgan fingerprint density at radius 2 is 2.00 bits per heavy atom. The molecule has 0 spiro atoms. The van der Waals surface area contributed by atoms with Gasteiger partial charge in [0.2, 0.25) is 0 Å². The molecule has 0 aliphatic carbocycles. The standard InChI is InChI=1S/C20H26BrNO2/c1-3-23-11-5-10-22-14-18-13-19(21)8-9-20(18)24-15-17-7-4-6-16(2)12-17/h4,6-9,12-13,22H,3,5,10-11,14-15H2,1-2H3. The summed E-state index contributed by atoms with van der Waals surface area (Å²) in [7, 11) is 0. The van der Waals surface area contributed by atoms with Gasteiger partial charge in [-0.1, -0.05) is 45.8 Å². The summed E-state index contributed by atoms with van der Waals surface area (Å²) in [4.78, 5) is 0. The summed E-state index contributed by atoms with van der Waals surface area (Å²) in [5.41, 5.74) is 3.60. The third-order valence-electron chi connectivity index (χ3n) is 3.66. The van der Waals surface area contributed by atoms with E-state index < -0.39 is 0 Å². The number of ether oxygens (including phenoxy) is 2. The molecule has 3 nitrogen and oxygen atoms in total. The van der Waals surface area contributed by atoms with Crippen LogP contribution in [0.2, 0.25) is 0 Å². The summed E-state index contributed by atoms with van der Waals surface area (Å²) in [6.45, 7) is 8.01. The summed E-state index contributed by atoms with van der Waals surface area (Å²) < 4.78 is 12.5. The van der Waals surface area contributed by atoms with Crippen LogP contribution in [0.1, 0.15) is 30.0 Å². The van der Waals surface area contributed by atoms with Gasteiger partial charge in [-0.15, -0.1) is 0 Å². The lowest BCUT2D eigenvalue weighted by Crippen LogP contribution is -2.17. The zero-order chi connectivity index (χ0) is 17.2. The van der Waals surface area contributed by atoms with Crippen molar-refractivity contribution in [3.05, 3.63) is 63.6 Å². The van der Waals surface area contributed by atoms with Crippen LogP contribution in [0, 0.1) is 6.92 Å². The summed E-state index contributed by atoms with van der Waals surface area (Å²) in [6, 6.07) is 14.6. The first-order valence-electron chi connectivity index (χ1n) is 8.44. The summed E-state index contributed by atoms with van der Waals surface area (Å²) in [5, 5.41) is 3.45. The third kappa shape index (κ3) is 6.63. The SMILES string of the molecule is CCOCCCNCc1cc(Br)ccc1OCc1cccc(C)c1. The van der Waals surface area contributed by atoms with E-state index in [0.717, 1.165) is 48.5 Å². The van der Waals surface area contributed by atoms with Crippen molar-refractivity contribution >= 4 is 15.9 Å². The lowest BCUT2D eigenvalue weighted by atomic mass is 10.1. The summed E-state index contributed by atoms with van der Waals surface area (Å²) >= 11 is 3.54. The highest BCUT2D eigenvalue weighted by molar-refractivity contribution is 9.10. The van der Waals surface area contributed by atoms with Crippen molar-refractivity contribution in [2.45, 2.75) is 33.4 Å². The maximum absolute atomic E-state index is 6.04. The smallest absolute Gasteiger partial charge is 0.124 e. The Labute approximate surface area is 153 Å². The fourth-order valence-corrected chi connectivity index (χ4v) is 2.87. The predicted molar refractivity (Wildman–Crippen MR) is 102 cm³/mol. The van der Waals surface area contributed by atoms with Crippen LogP contribution < -0.4 is 10.1 Å². The highest BCUT2D eigenvalue weighted by Gasteiger charge is 2.05. The van der Waals surface area contributed by atoms with Gasteiger partial charge < -0.3 is 14.8 Å². The van der Waals surface area contributed by atoms with Crippen molar-refractivity contribution in [2.24, 2.45) is 0 Å². The van der Waals surface area contributed by atoms with Gasteiger partial charge in [-0.05, 0) is 50.6 Å². The molecule has 0 saturated heterocycles. The molecule has 0 aromatic heterocycles. The van der Waals surface area contributed by atoms with Crippen LogP contribution in [0.3, 0.4) is 0 Å². The molecule has 0 atom stereocenters. The largest absolute Gasteiger partial charge is 0.489 e. The molecule has 0 saturated carbocycles.